The molecule has 4 atom stereocenters. The molecule has 130 valence electrons. The molecular formula is C18H34O4. The Balaban J connectivity index is 2.77. The van der Waals surface area contributed by atoms with E-state index in [2.05, 4.69) is 13.8 Å². The van der Waals surface area contributed by atoms with Crippen LogP contribution in [0.5, 0.6) is 0 Å². The number of hydrogen-bond acceptors (Lipinski definition) is 4. The Morgan fingerprint density at radius 3 is 2.23 bits per heavy atom. The average molecular weight is 314 g/mol. The van der Waals surface area contributed by atoms with Crippen molar-refractivity contribution in [2.45, 2.75) is 84.5 Å². The maximum Gasteiger partial charge on any atom is 0.311 e. The van der Waals surface area contributed by atoms with Crippen LogP contribution < -0.4 is 0 Å². The molecule has 0 aromatic rings. The van der Waals surface area contributed by atoms with Gasteiger partial charge < -0.3 is 14.2 Å². The maximum atomic E-state index is 12.3. The van der Waals surface area contributed by atoms with E-state index < -0.39 is 5.41 Å². The van der Waals surface area contributed by atoms with Crippen LogP contribution in [0.25, 0.3) is 0 Å². The Kier molecular flexibility index (Phi) is 6.07. The average Bonchev–Trinajstić information content (AvgIpc) is 2.49. The minimum absolute atomic E-state index is 0.103. The second-order valence-corrected chi connectivity index (χ2v) is 7.72. The van der Waals surface area contributed by atoms with Gasteiger partial charge in [-0.1, -0.05) is 6.92 Å². The lowest BCUT2D eigenvalue weighted by atomic mass is 9.68. The second-order valence-electron chi connectivity index (χ2n) is 7.72. The lowest BCUT2D eigenvalue weighted by molar-refractivity contribution is -0.207. The van der Waals surface area contributed by atoms with Gasteiger partial charge in [0.05, 0.1) is 16.6 Å². The third kappa shape index (κ3) is 3.65. The van der Waals surface area contributed by atoms with Crippen LogP contribution in [-0.4, -0.2) is 37.5 Å². The highest BCUT2D eigenvalue weighted by Gasteiger charge is 2.51. The summed E-state index contributed by atoms with van der Waals surface area (Å²) in [6.07, 6.45) is 3.38. The maximum absolute atomic E-state index is 12.3. The number of carbonyl (C=O) groups excluding carboxylic acids is 1. The first kappa shape index (κ1) is 19.4. The quantitative estimate of drug-likeness (QED) is 0.696. The Morgan fingerprint density at radius 2 is 1.77 bits per heavy atom. The monoisotopic (exact) mass is 314 g/mol. The third-order valence-corrected chi connectivity index (χ3v) is 6.06. The molecule has 0 amide bonds. The zero-order chi connectivity index (χ0) is 17.2. The molecule has 1 rings (SSSR count). The van der Waals surface area contributed by atoms with Crippen LogP contribution in [0.15, 0.2) is 0 Å². The second kappa shape index (κ2) is 6.88. The SMILES string of the molecule is CCC(C)(C)C(=O)OC(C)C1CCC(C)(OC)C(C)(OC)C1. The summed E-state index contributed by atoms with van der Waals surface area (Å²) in [6.45, 7) is 12.1. The van der Waals surface area contributed by atoms with Crippen LogP contribution in [-0.2, 0) is 19.0 Å². The molecule has 0 bridgehead atoms. The highest BCUT2D eigenvalue weighted by molar-refractivity contribution is 5.75. The highest BCUT2D eigenvalue weighted by atomic mass is 16.6. The molecule has 1 aliphatic carbocycles. The zero-order valence-corrected chi connectivity index (χ0v) is 15.6. The van der Waals surface area contributed by atoms with Crippen LogP contribution >= 0.6 is 0 Å². The van der Waals surface area contributed by atoms with E-state index in [1.165, 1.54) is 0 Å². The van der Waals surface area contributed by atoms with E-state index in [1.807, 2.05) is 27.7 Å². The van der Waals surface area contributed by atoms with Crippen molar-refractivity contribution in [1.29, 1.82) is 0 Å². The van der Waals surface area contributed by atoms with Gasteiger partial charge in [0.2, 0.25) is 0 Å². The minimum Gasteiger partial charge on any atom is -0.462 e. The number of ether oxygens (including phenoxy) is 3. The predicted octanol–water partition coefficient (Wildman–Crippen LogP) is 3.96. The molecular weight excluding hydrogens is 280 g/mol. The third-order valence-electron chi connectivity index (χ3n) is 6.06. The summed E-state index contributed by atoms with van der Waals surface area (Å²) < 4.78 is 17.3. The molecule has 22 heavy (non-hydrogen) atoms. The van der Waals surface area contributed by atoms with E-state index in [-0.39, 0.29) is 23.3 Å². The van der Waals surface area contributed by atoms with E-state index in [1.54, 1.807) is 14.2 Å². The van der Waals surface area contributed by atoms with Crippen LogP contribution in [0.4, 0.5) is 0 Å². The fourth-order valence-corrected chi connectivity index (χ4v) is 3.13. The van der Waals surface area contributed by atoms with E-state index in [0.29, 0.717) is 5.92 Å². The van der Waals surface area contributed by atoms with E-state index in [4.69, 9.17) is 14.2 Å². The standard InChI is InChI=1S/C18H34O4/c1-9-16(3,4)15(19)22-13(2)14-10-11-17(5,20-7)18(6,12-14)21-8/h13-14H,9-12H2,1-8H3. The van der Waals surface area contributed by atoms with Crippen molar-refractivity contribution in [2.24, 2.45) is 11.3 Å². The van der Waals surface area contributed by atoms with Crippen LogP contribution in [0.2, 0.25) is 0 Å². The van der Waals surface area contributed by atoms with Gasteiger partial charge in [-0.3, -0.25) is 4.79 Å². The number of hydrogen-bond donors (Lipinski definition) is 0. The normalized spacial score (nSPS) is 34.3. The largest absolute Gasteiger partial charge is 0.462 e. The predicted molar refractivity (Wildman–Crippen MR) is 87.8 cm³/mol. The lowest BCUT2D eigenvalue weighted by Gasteiger charge is -2.51. The van der Waals surface area contributed by atoms with Crippen molar-refractivity contribution in [3.8, 4) is 0 Å². The van der Waals surface area contributed by atoms with Crippen molar-refractivity contribution in [3.05, 3.63) is 0 Å². The molecule has 0 aliphatic heterocycles. The summed E-state index contributed by atoms with van der Waals surface area (Å²) in [5, 5.41) is 0. The van der Waals surface area contributed by atoms with Gasteiger partial charge in [0.1, 0.15) is 6.10 Å². The molecule has 0 aromatic heterocycles. The van der Waals surface area contributed by atoms with Gasteiger partial charge in [-0.15, -0.1) is 0 Å². The summed E-state index contributed by atoms with van der Waals surface area (Å²) >= 11 is 0. The van der Waals surface area contributed by atoms with Crippen molar-refractivity contribution in [2.75, 3.05) is 14.2 Å². The van der Waals surface area contributed by atoms with Gasteiger partial charge in [-0.25, -0.2) is 0 Å². The van der Waals surface area contributed by atoms with Crippen LogP contribution in [0.1, 0.15) is 67.2 Å². The molecule has 0 radical (unpaired) electrons. The molecule has 1 fully saturated rings. The number of esters is 1. The molecule has 0 aromatic carbocycles. The minimum atomic E-state index is -0.422. The van der Waals surface area contributed by atoms with Crippen molar-refractivity contribution < 1.29 is 19.0 Å². The summed E-state index contributed by atoms with van der Waals surface area (Å²) in [5.41, 5.74) is -1.09. The summed E-state index contributed by atoms with van der Waals surface area (Å²) in [5.74, 6) is 0.187. The Hall–Kier alpha value is -0.610. The smallest absolute Gasteiger partial charge is 0.311 e. The number of rotatable bonds is 6. The fraction of sp³-hybridized carbons (Fsp3) is 0.944. The number of carbonyl (C=O) groups is 1. The molecule has 1 saturated carbocycles. The molecule has 0 spiro atoms. The highest BCUT2D eigenvalue weighted by Crippen LogP contribution is 2.45. The first-order valence-corrected chi connectivity index (χ1v) is 8.36. The first-order chi connectivity index (χ1) is 10.0. The molecule has 4 unspecified atom stereocenters. The molecule has 4 nitrogen and oxygen atoms in total. The topological polar surface area (TPSA) is 44.8 Å². The van der Waals surface area contributed by atoms with Gasteiger partial charge >= 0.3 is 5.97 Å². The molecule has 0 heterocycles. The fourth-order valence-electron chi connectivity index (χ4n) is 3.13. The van der Waals surface area contributed by atoms with Gasteiger partial charge in [-0.05, 0) is 66.2 Å². The van der Waals surface area contributed by atoms with Gasteiger partial charge in [0.25, 0.3) is 0 Å². The first-order valence-electron chi connectivity index (χ1n) is 8.36. The van der Waals surface area contributed by atoms with Crippen LogP contribution in [0, 0.1) is 11.3 Å². The molecule has 0 saturated heterocycles. The summed E-state index contributed by atoms with van der Waals surface area (Å²) in [6, 6.07) is 0. The Bertz CT molecular complexity index is 393. The molecule has 1 aliphatic rings. The van der Waals surface area contributed by atoms with Gasteiger partial charge in [0, 0.05) is 14.2 Å². The van der Waals surface area contributed by atoms with Crippen LogP contribution in [0.3, 0.4) is 0 Å². The van der Waals surface area contributed by atoms with E-state index in [0.717, 1.165) is 25.7 Å². The van der Waals surface area contributed by atoms with Gasteiger partial charge in [-0.2, -0.15) is 0 Å². The molecule has 4 heteroatoms. The zero-order valence-electron chi connectivity index (χ0n) is 15.6. The Labute approximate surface area is 135 Å². The van der Waals surface area contributed by atoms with Crippen molar-refractivity contribution in [1.82, 2.24) is 0 Å². The molecule has 0 N–H and O–H groups in total. The van der Waals surface area contributed by atoms with E-state index >= 15 is 0 Å². The van der Waals surface area contributed by atoms with Crippen molar-refractivity contribution in [3.63, 3.8) is 0 Å². The van der Waals surface area contributed by atoms with Gasteiger partial charge in [0.15, 0.2) is 0 Å². The Morgan fingerprint density at radius 1 is 1.23 bits per heavy atom. The van der Waals surface area contributed by atoms with Crippen molar-refractivity contribution >= 4 is 5.97 Å². The van der Waals surface area contributed by atoms with E-state index in [9.17, 15) is 4.79 Å². The number of methoxy groups -OCH3 is 2. The summed E-state index contributed by atoms with van der Waals surface area (Å²) in [4.78, 5) is 12.3. The summed E-state index contributed by atoms with van der Waals surface area (Å²) in [7, 11) is 3.47. The lowest BCUT2D eigenvalue weighted by Crippen LogP contribution is -2.57.